The van der Waals surface area contributed by atoms with Crippen molar-refractivity contribution in [2.24, 2.45) is 0 Å². The molecule has 0 spiro atoms. The molecule has 0 saturated heterocycles. The van der Waals surface area contributed by atoms with E-state index < -0.39 is 12.2 Å². The lowest BCUT2D eigenvalue weighted by Gasteiger charge is -2.32. The molecule has 1 atom stereocenters. The minimum atomic E-state index is -4.41. The molecule has 0 amide bonds. The molecule has 2 aromatic heterocycles. The second-order valence-corrected chi connectivity index (χ2v) is 5.77. The lowest BCUT2D eigenvalue weighted by Crippen LogP contribution is -2.38. The molecule has 1 aromatic carbocycles. The number of benzene rings is 1. The minimum Gasteiger partial charge on any atom is -0.340 e. The summed E-state index contributed by atoms with van der Waals surface area (Å²) >= 11 is 0. The first-order valence-corrected chi connectivity index (χ1v) is 7.54. The van der Waals surface area contributed by atoms with Crippen LogP contribution in [0, 0.1) is 6.92 Å². The van der Waals surface area contributed by atoms with Gasteiger partial charge in [0.1, 0.15) is 12.1 Å². The molecule has 0 bridgehead atoms. The summed E-state index contributed by atoms with van der Waals surface area (Å²) in [6, 6.07) is 6.22. The van der Waals surface area contributed by atoms with Crippen molar-refractivity contribution in [2.75, 3.05) is 11.4 Å². The molecular weight excluding hydrogens is 319 g/mol. The number of alkyl halides is 3. The molecule has 0 N–H and O–H groups in total. The van der Waals surface area contributed by atoms with E-state index in [1.807, 2.05) is 0 Å². The quantitative estimate of drug-likeness (QED) is 0.723. The standard InChI is InChI=1S/C16H14F3N5/c1-10-12-7-8-23(14(12)24-15(22-10)20-9-21-24)13(16(17,18)19)11-5-3-2-4-6-11/h2-6,9,13H,7-8H2,1H3. The molecule has 1 unspecified atom stereocenters. The van der Waals surface area contributed by atoms with Crippen molar-refractivity contribution < 1.29 is 13.2 Å². The van der Waals surface area contributed by atoms with E-state index in [1.54, 1.807) is 25.1 Å². The molecule has 0 saturated carbocycles. The summed E-state index contributed by atoms with van der Waals surface area (Å²) in [7, 11) is 0. The van der Waals surface area contributed by atoms with Gasteiger partial charge in [-0.15, -0.1) is 0 Å². The summed E-state index contributed by atoms with van der Waals surface area (Å²) in [4.78, 5) is 9.70. The number of hydrogen-bond donors (Lipinski definition) is 0. The van der Waals surface area contributed by atoms with E-state index in [9.17, 15) is 13.2 Å². The van der Waals surface area contributed by atoms with Crippen molar-refractivity contribution in [1.82, 2.24) is 19.6 Å². The SMILES string of the molecule is Cc1nc2ncnn2c2c1CCN2C(c1ccccc1)C(F)(F)F. The first-order valence-electron chi connectivity index (χ1n) is 7.54. The fourth-order valence-corrected chi connectivity index (χ4v) is 3.33. The molecule has 1 aliphatic heterocycles. The molecule has 3 aromatic rings. The number of anilines is 1. The lowest BCUT2D eigenvalue weighted by molar-refractivity contribution is -0.150. The zero-order valence-electron chi connectivity index (χ0n) is 12.8. The third kappa shape index (κ3) is 2.21. The summed E-state index contributed by atoms with van der Waals surface area (Å²) in [5.74, 6) is 0.744. The second-order valence-electron chi connectivity index (χ2n) is 5.77. The molecule has 0 radical (unpaired) electrons. The topological polar surface area (TPSA) is 46.3 Å². The molecule has 3 heterocycles. The number of halogens is 3. The average molecular weight is 333 g/mol. The van der Waals surface area contributed by atoms with Gasteiger partial charge in [0.05, 0.1) is 0 Å². The van der Waals surface area contributed by atoms with E-state index in [4.69, 9.17) is 0 Å². The molecule has 0 fully saturated rings. The normalized spacial score (nSPS) is 15.8. The van der Waals surface area contributed by atoms with Crippen molar-refractivity contribution in [1.29, 1.82) is 0 Å². The Balaban J connectivity index is 1.92. The summed E-state index contributed by atoms with van der Waals surface area (Å²) < 4.78 is 43.0. The van der Waals surface area contributed by atoms with Crippen LogP contribution in [-0.4, -0.2) is 32.3 Å². The van der Waals surface area contributed by atoms with Crippen LogP contribution >= 0.6 is 0 Å². The summed E-state index contributed by atoms with van der Waals surface area (Å²) in [6.07, 6.45) is -2.60. The van der Waals surface area contributed by atoms with Gasteiger partial charge in [-0.1, -0.05) is 30.3 Å². The van der Waals surface area contributed by atoms with Gasteiger partial charge < -0.3 is 4.90 Å². The maximum atomic E-state index is 13.9. The molecule has 5 nitrogen and oxygen atoms in total. The van der Waals surface area contributed by atoms with Gasteiger partial charge in [0.15, 0.2) is 6.04 Å². The molecule has 1 aliphatic rings. The Morgan fingerprint density at radius 3 is 2.62 bits per heavy atom. The van der Waals surface area contributed by atoms with Gasteiger partial charge in [-0.05, 0) is 18.9 Å². The van der Waals surface area contributed by atoms with Crippen LogP contribution in [0.3, 0.4) is 0 Å². The summed E-state index contributed by atoms with van der Waals surface area (Å²) in [6.45, 7) is 2.05. The highest BCUT2D eigenvalue weighted by Crippen LogP contribution is 2.43. The van der Waals surface area contributed by atoms with Crippen LogP contribution < -0.4 is 4.90 Å². The van der Waals surface area contributed by atoms with Crippen LogP contribution in [0.2, 0.25) is 0 Å². The predicted molar refractivity (Wildman–Crippen MR) is 81.8 cm³/mol. The van der Waals surface area contributed by atoms with Gasteiger partial charge in [-0.3, -0.25) is 0 Å². The summed E-state index contributed by atoms with van der Waals surface area (Å²) in [5.41, 5.74) is 1.70. The first kappa shape index (κ1) is 14.9. The van der Waals surface area contributed by atoms with Crippen molar-refractivity contribution in [3.05, 3.63) is 53.5 Å². The Hall–Kier alpha value is -2.64. The molecule has 8 heteroatoms. The van der Waals surface area contributed by atoms with E-state index in [-0.39, 0.29) is 12.1 Å². The summed E-state index contributed by atoms with van der Waals surface area (Å²) in [5, 5.41) is 4.07. The molecule has 4 rings (SSSR count). The fraction of sp³-hybridized carbons (Fsp3) is 0.312. The van der Waals surface area contributed by atoms with Crippen molar-refractivity contribution in [2.45, 2.75) is 25.6 Å². The van der Waals surface area contributed by atoms with E-state index in [2.05, 4.69) is 15.1 Å². The number of rotatable bonds is 2. The number of aromatic nitrogens is 4. The van der Waals surface area contributed by atoms with Gasteiger partial charge >= 0.3 is 6.18 Å². The van der Waals surface area contributed by atoms with Crippen LogP contribution in [-0.2, 0) is 6.42 Å². The Labute approximate surface area is 135 Å². The van der Waals surface area contributed by atoms with Crippen molar-refractivity contribution >= 4 is 11.6 Å². The molecular formula is C16H14F3N5. The number of aryl methyl sites for hydroxylation is 1. The highest BCUT2D eigenvalue weighted by Gasteiger charge is 2.47. The Kier molecular flexibility index (Phi) is 3.22. The van der Waals surface area contributed by atoms with Crippen molar-refractivity contribution in [3.8, 4) is 0 Å². The highest BCUT2D eigenvalue weighted by molar-refractivity contribution is 5.60. The second kappa shape index (κ2) is 5.19. The van der Waals surface area contributed by atoms with Crippen LogP contribution in [0.1, 0.15) is 22.9 Å². The largest absolute Gasteiger partial charge is 0.413 e. The Bertz CT molecular complexity index is 888. The van der Waals surface area contributed by atoms with E-state index in [0.29, 0.717) is 23.7 Å². The van der Waals surface area contributed by atoms with E-state index in [1.165, 1.54) is 27.9 Å². The van der Waals surface area contributed by atoms with Crippen molar-refractivity contribution in [3.63, 3.8) is 0 Å². The van der Waals surface area contributed by atoms with Crippen LogP contribution in [0.5, 0.6) is 0 Å². The number of nitrogens with zero attached hydrogens (tertiary/aromatic N) is 5. The minimum absolute atomic E-state index is 0.209. The third-order valence-electron chi connectivity index (χ3n) is 4.32. The highest BCUT2D eigenvalue weighted by atomic mass is 19.4. The number of hydrogen-bond acceptors (Lipinski definition) is 4. The first-order chi connectivity index (χ1) is 11.5. The zero-order valence-corrected chi connectivity index (χ0v) is 12.8. The fourth-order valence-electron chi connectivity index (χ4n) is 3.33. The Morgan fingerprint density at radius 1 is 1.17 bits per heavy atom. The lowest BCUT2D eigenvalue weighted by atomic mass is 10.1. The molecule has 124 valence electrons. The van der Waals surface area contributed by atoms with Crippen LogP contribution in [0.25, 0.3) is 5.78 Å². The van der Waals surface area contributed by atoms with Gasteiger partial charge in [-0.2, -0.15) is 27.8 Å². The van der Waals surface area contributed by atoms with E-state index in [0.717, 1.165) is 5.56 Å². The zero-order chi connectivity index (χ0) is 16.9. The third-order valence-corrected chi connectivity index (χ3v) is 4.32. The van der Waals surface area contributed by atoms with Gasteiger partial charge in [0, 0.05) is 17.8 Å². The average Bonchev–Trinajstić information content (AvgIpc) is 3.14. The Morgan fingerprint density at radius 2 is 1.92 bits per heavy atom. The maximum absolute atomic E-state index is 13.9. The molecule has 0 aliphatic carbocycles. The monoisotopic (exact) mass is 333 g/mol. The van der Waals surface area contributed by atoms with Crippen LogP contribution in [0.15, 0.2) is 36.7 Å². The van der Waals surface area contributed by atoms with Gasteiger partial charge in [0.25, 0.3) is 5.78 Å². The van der Waals surface area contributed by atoms with Gasteiger partial charge in [0.2, 0.25) is 0 Å². The molecule has 24 heavy (non-hydrogen) atoms. The smallest absolute Gasteiger partial charge is 0.340 e. The van der Waals surface area contributed by atoms with Crippen LogP contribution in [0.4, 0.5) is 19.0 Å². The van der Waals surface area contributed by atoms with E-state index >= 15 is 0 Å². The maximum Gasteiger partial charge on any atom is 0.413 e. The van der Waals surface area contributed by atoms with Gasteiger partial charge in [-0.25, -0.2) is 4.98 Å². The number of fused-ring (bicyclic) bond motifs is 3. The predicted octanol–water partition coefficient (Wildman–Crippen LogP) is 3.10.